The van der Waals surface area contributed by atoms with Crippen LogP contribution in [0.5, 0.6) is 0 Å². The summed E-state index contributed by atoms with van der Waals surface area (Å²) in [5.74, 6) is 0.894. The van der Waals surface area contributed by atoms with Gasteiger partial charge in [0.25, 0.3) is 0 Å². The summed E-state index contributed by atoms with van der Waals surface area (Å²) in [6.07, 6.45) is 0. The van der Waals surface area contributed by atoms with E-state index in [1.54, 1.807) is 11.3 Å². The van der Waals surface area contributed by atoms with E-state index in [0.717, 1.165) is 29.8 Å². The van der Waals surface area contributed by atoms with Crippen molar-refractivity contribution in [2.75, 3.05) is 14.1 Å². The Hall–Kier alpha value is -1.88. The van der Waals surface area contributed by atoms with Crippen LogP contribution in [0.4, 0.5) is 0 Å². The van der Waals surface area contributed by atoms with Crippen LogP contribution in [0.3, 0.4) is 0 Å². The molecule has 4 nitrogen and oxygen atoms in total. The zero-order valence-electron chi connectivity index (χ0n) is 14.0. The largest absolute Gasteiger partial charge is 0.351 e. The van der Waals surface area contributed by atoms with Gasteiger partial charge in [-0.15, -0.1) is 11.3 Å². The minimum atomic E-state index is 0.766. The summed E-state index contributed by atoms with van der Waals surface area (Å²) in [6, 6.07) is 8.61. The quantitative estimate of drug-likeness (QED) is 0.695. The van der Waals surface area contributed by atoms with Crippen LogP contribution in [0.2, 0.25) is 0 Å². The summed E-state index contributed by atoms with van der Waals surface area (Å²) in [4.78, 5) is 12.2. The van der Waals surface area contributed by atoms with Gasteiger partial charge in [0.1, 0.15) is 0 Å². The number of nitrogens with zero attached hydrogens (tertiary/aromatic N) is 3. The molecule has 5 heteroatoms. The Balaban J connectivity index is 1.96. The molecule has 0 spiro atoms. The first-order valence-corrected chi connectivity index (χ1v) is 8.21. The second-order valence-electron chi connectivity index (χ2n) is 5.48. The van der Waals surface area contributed by atoms with Crippen molar-refractivity contribution in [2.24, 2.45) is 4.99 Å². The number of thiazole rings is 1. The standard InChI is InChI=1S/C17H24N4S/c1-12-6-8-15(9-7-12)11-21(5)17(18-4)19-10-16-13(2)20-14(3)22-16/h6-9H,10-11H2,1-5H3,(H,18,19). The van der Waals surface area contributed by atoms with Crippen LogP contribution in [0.1, 0.15) is 26.7 Å². The normalized spacial score (nSPS) is 11.6. The number of rotatable bonds is 4. The number of aromatic nitrogens is 1. The summed E-state index contributed by atoms with van der Waals surface area (Å²) >= 11 is 1.74. The fourth-order valence-corrected chi connectivity index (χ4v) is 3.20. The maximum Gasteiger partial charge on any atom is 0.193 e. The van der Waals surface area contributed by atoms with Crippen molar-refractivity contribution in [2.45, 2.75) is 33.9 Å². The molecule has 0 aliphatic carbocycles. The maximum atomic E-state index is 4.46. The van der Waals surface area contributed by atoms with E-state index in [1.807, 2.05) is 14.0 Å². The molecule has 1 aromatic heterocycles. The Bertz CT molecular complexity index is 643. The third-order valence-electron chi connectivity index (χ3n) is 3.52. The molecule has 0 bridgehead atoms. The summed E-state index contributed by atoms with van der Waals surface area (Å²) in [5.41, 5.74) is 3.66. The van der Waals surface area contributed by atoms with Crippen LogP contribution in [-0.4, -0.2) is 29.9 Å². The molecule has 0 aliphatic rings. The smallest absolute Gasteiger partial charge is 0.193 e. The number of hydrogen-bond acceptors (Lipinski definition) is 3. The van der Waals surface area contributed by atoms with Crippen molar-refractivity contribution >= 4 is 17.3 Å². The van der Waals surface area contributed by atoms with E-state index in [1.165, 1.54) is 16.0 Å². The van der Waals surface area contributed by atoms with E-state index in [2.05, 4.69) is 65.4 Å². The van der Waals surface area contributed by atoms with E-state index in [9.17, 15) is 0 Å². The second-order valence-corrected chi connectivity index (χ2v) is 6.77. The Kier molecular flexibility index (Phi) is 5.55. The zero-order chi connectivity index (χ0) is 16.1. The van der Waals surface area contributed by atoms with Crippen molar-refractivity contribution in [3.63, 3.8) is 0 Å². The van der Waals surface area contributed by atoms with Crippen LogP contribution < -0.4 is 5.32 Å². The molecule has 0 amide bonds. The molecular weight excluding hydrogens is 292 g/mol. The van der Waals surface area contributed by atoms with Crippen molar-refractivity contribution in [1.82, 2.24) is 15.2 Å². The number of benzene rings is 1. The lowest BCUT2D eigenvalue weighted by atomic mass is 10.1. The summed E-state index contributed by atoms with van der Waals surface area (Å²) in [5, 5.41) is 4.53. The molecule has 0 radical (unpaired) electrons. The van der Waals surface area contributed by atoms with Crippen LogP contribution >= 0.6 is 11.3 Å². The Labute approximate surface area is 136 Å². The second kappa shape index (κ2) is 7.40. The number of aryl methyl sites for hydroxylation is 3. The first-order valence-electron chi connectivity index (χ1n) is 7.40. The molecule has 0 fully saturated rings. The van der Waals surface area contributed by atoms with Gasteiger partial charge in [0.2, 0.25) is 0 Å². The highest BCUT2D eigenvalue weighted by molar-refractivity contribution is 7.11. The van der Waals surface area contributed by atoms with Gasteiger partial charge in [-0.3, -0.25) is 4.99 Å². The fraction of sp³-hybridized carbons (Fsp3) is 0.412. The highest BCUT2D eigenvalue weighted by Crippen LogP contribution is 2.16. The maximum absolute atomic E-state index is 4.46. The van der Waals surface area contributed by atoms with E-state index in [-0.39, 0.29) is 0 Å². The average molecular weight is 316 g/mol. The molecule has 0 atom stereocenters. The van der Waals surface area contributed by atoms with Crippen LogP contribution in [0.15, 0.2) is 29.3 Å². The first kappa shape index (κ1) is 16.5. The zero-order valence-corrected chi connectivity index (χ0v) is 14.8. The first-order chi connectivity index (χ1) is 10.5. The fourth-order valence-electron chi connectivity index (χ4n) is 2.32. The van der Waals surface area contributed by atoms with E-state index in [0.29, 0.717) is 0 Å². The van der Waals surface area contributed by atoms with Gasteiger partial charge in [0, 0.05) is 25.5 Å². The van der Waals surface area contributed by atoms with Crippen molar-refractivity contribution < 1.29 is 0 Å². The lowest BCUT2D eigenvalue weighted by Gasteiger charge is -2.22. The predicted molar refractivity (Wildman–Crippen MR) is 94.4 cm³/mol. The molecule has 118 valence electrons. The van der Waals surface area contributed by atoms with E-state index in [4.69, 9.17) is 0 Å². The Morgan fingerprint density at radius 2 is 1.91 bits per heavy atom. The summed E-state index contributed by atoms with van der Waals surface area (Å²) in [6.45, 7) is 7.80. The van der Waals surface area contributed by atoms with Crippen LogP contribution in [0, 0.1) is 20.8 Å². The average Bonchev–Trinajstić information content (AvgIpc) is 2.80. The molecule has 0 aliphatic heterocycles. The lowest BCUT2D eigenvalue weighted by Crippen LogP contribution is -2.38. The Morgan fingerprint density at radius 3 is 2.45 bits per heavy atom. The van der Waals surface area contributed by atoms with Gasteiger partial charge in [-0.25, -0.2) is 4.98 Å². The lowest BCUT2D eigenvalue weighted by molar-refractivity contribution is 0.477. The topological polar surface area (TPSA) is 40.5 Å². The summed E-state index contributed by atoms with van der Waals surface area (Å²) in [7, 11) is 3.87. The number of aliphatic imine (C=N–C) groups is 1. The highest BCUT2D eigenvalue weighted by atomic mass is 32.1. The third kappa shape index (κ3) is 4.31. The van der Waals surface area contributed by atoms with Gasteiger partial charge >= 0.3 is 0 Å². The number of guanidine groups is 1. The molecule has 0 unspecified atom stereocenters. The highest BCUT2D eigenvalue weighted by Gasteiger charge is 2.09. The van der Waals surface area contributed by atoms with Gasteiger partial charge in [-0.05, 0) is 26.3 Å². The molecule has 0 saturated heterocycles. The minimum absolute atomic E-state index is 0.766. The molecule has 0 saturated carbocycles. The van der Waals surface area contributed by atoms with Crippen molar-refractivity contribution in [3.05, 3.63) is 51.0 Å². The van der Waals surface area contributed by atoms with Crippen molar-refractivity contribution in [1.29, 1.82) is 0 Å². The number of nitrogens with one attached hydrogen (secondary N) is 1. The van der Waals surface area contributed by atoms with Gasteiger partial charge < -0.3 is 10.2 Å². The predicted octanol–water partition coefficient (Wildman–Crippen LogP) is 3.28. The van der Waals surface area contributed by atoms with Crippen molar-refractivity contribution in [3.8, 4) is 0 Å². The molecule has 1 N–H and O–H groups in total. The number of hydrogen-bond donors (Lipinski definition) is 1. The SMILES string of the molecule is CN=C(NCc1sc(C)nc1C)N(C)Cc1ccc(C)cc1. The van der Waals surface area contributed by atoms with Gasteiger partial charge in [0.05, 0.1) is 17.2 Å². The van der Waals surface area contributed by atoms with Gasteiger partial charge in [0.15, 0.2) is 5.96 Å². The minimum Gasteiger partial charge on any atom is -0.351 e. The molecule has 1 heterocycles. The van der Waals surface area contributed by atoms with E-state index >= 15 is 0 Å². The molecule has 22 heavy (non-hydrogen) atoms. The van der Waals surface area contributed by atoms with Crippen LogP contribution in [0.25, 0.3) is 0 Å². The molecule has 2 aromatic rings. The van der Waals surface area contributed by atoms with E-state index < -0.39 is 0 Å². The summed E-state index contributed by atoms with van der Waals surface area (Å²) < 4.78 is 0. The molecule has 2 rings (SSSR count). The van der Waals surface area contributed by atoms with Gasteiger partial charge in [-0.1, -0.05) is 29.8 Å². The monoisotopic (exact) mass is 316 g/mol. The Morgan fingerprint density at radius 1 is 1.23 bits per heavy atom. The molecular formula is C17H24N4S. The van der Waals surface area contributed by atoms with Gasteiger partial charge in [-0.2, -0.15) is 0 Å². The third-order valence-corrected chi connectivity index (χ3v) is 4.59. The molecule has 1 aromatic carbocycles. The van der Waals surface area contributed by atoms with Crippen LogP contribution in [-0.2, 0) is 13.1 Å².